The summed E-state index contributed by atoms with van der Waals surface area (Å²) in [5.41, 5.74) is -0.724. The highest BCUT2D eigenvalue weighted by Gasteiger charge is 2.47. The van der Waals surface area contributed by atoms with Gasteiger partial charge in [0.25, 0.3) is 0 Å². The molecule has 5 rings (SSSR count). The largest absolute Gasteiger partial charge is 0.507 e. The molecule has 5 heteroatoms. The van der Waals surface area contributed by atoms with E-state index in [-0.39, 0.29) is 11.2 Å². The molecule has 0 spiro atoms. The maximum Gasteiger partial charge on any atom is 0.346 e. The number of hydrogen-bond acceptors (Lipinski definition) is 5. The molecule has 152 valence electrons. The van der Waals surface area contributed by atoms with Crippen molar-refractivity contribution in [1.29, 1.82) is 0 Å². The molecule has 4 aliphatic rings. The Kier molecular flexibility index (Phi) is 4.53. The Morgan fingerprint density at radius 3 is 2.61 bits per heavy atom. The van der Waals surface area contributed by atoms with Gasteiger partial charge in [-0.1, -0.05) is 12.8 Å². The summed E-state index contributed by atoms with van der Waals surface area (Å²) in [6.07, 6.45) is 15.2. The minimum atomic E-state index is -0.752. The molecule has 0 radical (unpaired) electrons. The molecule has 1 aromatic rings. The predicted octanol–water partition coefficient (Wildman–Crippen LogP) is 4.56. The first-order valence-electron chi connectivity index (χ1n) is 10.9. The molecule has 0 bridgehead atoms. The van der Waals surface area contributed by atoms with Crippen molar-refractivity contribution in [3.8, 4) is 5.75 Å². The van der Waals surface area contributed by atoms with Gasteiger partial charge in [-0.2, -0.15) is 0 Å². The van der Waals surface area contributed by atoms with Crippen LogP contribution in [0.25, 0.3) is 0 Å². The van der Waals surface area contributed by atoms with Gasteiger partial charge >= 0.3 is 5.63 Å². The molecule has 1 saturated heterocycles. The van der Waals surface area contributed by atoms with Crippen molar-refractivity contribution in [1.82, 2.24) is 0 Å². The van der Waals surface area contributed by atoms with Gasteiger partial charge in [0.2, 0.25) is 0 Å². The maximum absolute atomic E-state index is 12.9. The summed E-state index contributed by atoms with van der Waals surface area (Å²) in [5.74, 6) is 1.19. The van der Waals surface area contributed by atoms with Crippen LogP contribution < -0.4 is 5.63 Å². The summed E-state index contributed by atoms with van der Waals surface area (Å²) >= 11 is 0. The number of rotatable bonds is 7. The molecule has 1 N–H and O–H groups in total. The third-order valence-corrected chi connectivity index (χ3v) is 7.03. The molecule has 28 heavy (non-hydrogen) atoms. The summed E-state index contributed by atoms with van der Waals surface area (Å²) in [4.78, 5) is 12.9. The van der Waals surface area contributed by atoms with Gasteiger partial charge in [0.15, 0.2) is 0 Å². The zero-order valence-electron chi connectivity index (χ0n) is 16.5. The molecule has 2 aliphatic carbocycles. The normalized spacial score (nSPS) is 30.9. The highest BCUT2D eigenvalue weighted by Crippen LogP contribution is 2.54. The van der Waals surface area contributed by atoms with Crippen molar-refractivity contribution < 1.29 is 19.0 Å². The van der Waals surface area contributed by atoms with Crippen LogP contribution in [0.1, 0.15) is 75.5 Å². The molecular weight excluding hydrogens is 356 g/mol. The van der Waals surface area contributed by atoms with Crippen LogP contribution in [0.4, 0.5) is 0 Å². The highest BCUT2D eigenvalue weighted by molar-refractivity contribution is 5.37. The van der Waals surface area contributed by atoms with E-state index >= 15 is 0 Å². The van der Waals surface area contributed by atoms with Crippen LogP contribution in [0.3, 0.4) is 0 Å². The van der Waals surface area contributed by atoms with Crippen LogP contribution in [0, 0.1) is 11.3 Å². The Balaban J connectivity index is 1.35. The van der Waals surface area contributed by atoms with E-state index in [1.165, 1.54) is 19.3 Å². The van der Waals surface area contributed by atoms with Crippen molar-refractivity contribution in [3.05, 3.63) is 40.1 Å². The quantitative estimate of drug-likeness (QED) is 0.744. The lowest BCUT2D eigenvalue weighted by Gasteiger charge is -2.29. The minimum absolute atomic E-state index is 0.0281. The van der Waals surface area contributed by atoms with Gasteiger partial charge in [-0.25, -0.2) is 4.79 Å². The van der Waals surface area contributed by atoms with Crippen molar-refractivity contribution in [2.45, 2.75) is 82.3 Å². The summed E-state index contributed by atoms with van der Waals surface area (Å²) in [7, 11) is 0. The van der Waals surface area contributed by atoms with Gasteiger partial charge in [-0.15, -0.1) is 0 Å². The lowest BCUT2D eigenvalue weighted by atomic mass is 9.86. The monoisotopic (exact) mass is 386 g/mol. The topological polar surface area (TPSA) is 68.9 Å². The van der Waals surface area contributed by atoms with Crippen molar-refractivity contribution in [3.63, 3.8) is 0 Å². The Bertz CT molecular complexity index is 801. The van der Waals surface area contributed by atoms with Crippen molar-refractivity contribution in [2.24, 2.45) is 11.3 Å². The molecular formula is C23H30O5. The third-order valence-electron chi connectivity index (χ3n) is 7.03. The first kappa shape index (κ1) is 18.3. The fourth-order valence-electron chi connectivity index (χ4n) is 5.13. The summed E-state index contributed by atoms with van der Waals surface area (Å²) in [5, 5.41) is 10.8. The molecule has 2 unspecified atom stereocenters. The van der Waals surface area contributed by atoms with E-state index in [1.54, 1.807) is 12.3 Å². The fourth-order valence-corrected chi connectivity index (χ4v) is 5.13. The van der Waals surface area contributed by atoms with Crippen LogP contribution in [0.5, 0.6) is 5.75 Å². The Morgan fingerprint density at radius 2 is 2.00 bits per heavy atom. The van der Waals surface area contributed by atoms with Crippen molar-refractivity contribution in [2.75, 3.05) is 6.61 Å². The van der Waals surface area contributed by atoms with Gasteiger partial charge in [-0.3, -0.25) is 0 Å². The van der Waals surface area contributed by atoms with E-state index < -0.39 is 11.2 Å². The average Bonchev–Trinajstić information content (AvgIpc) is 3.57. The van der Waals surface area contributed by atoms with E-state index in [0.29, 0.717) is 36.2 Å². The maximum atomic E-state index is 12.9. The summed E-state index contributed by atoms with van der Waals surface area (Å²) < 4.78 is 17.5. The fraction of sp³-hybridized carbons (Fsp3) is 0.696. The van der Waals surface area contributed by atoms with E-state index in [2.05, 4.69) is 0 Å². The van der Waals surface area contributed by atoms with Gasteiger partial charge in [0.05, 0.1) is 12.4 Å². The number of ether oxygens (including phenoxy) is 2. The lowest BCUT2D eigenvalue weighted by Crippen LogP contribution is -2.32. The highest BCUT2D eigenvalue weighted by atomic mass is 16.5. The number of aromatic hydroxyl groups is 1. The van der Waals surface area contributed by atoms with Crippen LogP contribution in [-0.2, 0) is 21.5 Å². The number of hydrogen-bond donors (Lipinski definition) is 1. The third kappa shape index (κ3) is 3.61. The second kappa shape index (κ2) is 6.94. The molecule has 1 aromatic heterocycles. The Hall–Kier alpha value is -1.75. The van der Waals surface area contributed by atoms with Gasteiger partial charge in [0, 0.05) is 25.5 Å². The predicted molar refractivity (Wildman–Crippen MR) is 104 cm³/mol. The molecule has 3 fully saturated rings. The van der Waals surface area contributed by atoms with E-state index in [4.69, 9.17) is 13.9 Å². The first-order chi connectivity index (χ1) is 13.6. The molecule has 0 amide bonds. The first-order valence-corrected chi connectivity index (χ1v) is 10.9. The second-order valence-electron chi connectivity index (χ2n) is 9.47. The summed E-state index contributed by atoms with van der Waals surface area (Å²) in [6, 6.07) is 1.66. The van der Waals surface area contributed by atoms with Crippen molar-refractivity contribution >= 4 is 0 Å². The Labute approximate surface area is 165 Å². The van der Waals surface area contributed by atoms with E-state index in [9.17, 15) is 9.90 Å². The zero-order chi connectivity index (χ0) is 19.2. The Morgan fingerprint density at radius 1 is 1.14 bits per heavy atom. The lowest BCUT2D eigenvalue weighted by molar-refractivity contribution is -0.00195. The second-order valence-corrected chi connectivity index (χ2v) is 9.47. The van der Waals surface area contributed by atoms with E-state index in [1.807, 2.05) is 6.08 Å². The molecule has 3 heterocycles. The van der Waals surface area contributed by atoms with Gasteiger partial charge in [0.1, 0.15) is 22.7 Å². The molecule has 2 aliphatic heterocycles. The van der Waals surface area contributed by atoms with Gasteiger partial charge < -0.3 is 19.0 Å². The zero-order valence-corrected chi connectivity index (χ0v) is 16.5. The standard InChI is InChI=1S/C23H30O5/c24-19-12-18(15-22(8-9-22)14-17-4-1-2-10-26-17)28-21(25)20(19)23(7-3-11-27-23)13-16-5-6-16/h3,11-12,16-17,24H,1-2,4-10,13-15H2. The van der Waals surface area contributed by atoms with Crippen LogP contribution in [-0.4, -0.2) is 17.8 Å². The van der Waals surface area contributed by atoms with Gasteiger partial charge in [-0.05, 0) is 62.4 Å². The van der Waals surface area contributed by atoms with Crippen LogP contribution in [0.15, 0.2) is 27.6 Å². The SMILES string of the molecule is O=c1oc(CC2(CC3CCCCO3)CC2)cc(O)c1C1(CC2CC2)CC=CO1. The minimum Gasteiger partial charge on any atom is -0.507 e. The van der Waals surface area contributed by atoms with Crippen LogP contribution >= 0.6 is 0 Å². The molecule has 2 saturated carbocycles. The average molecular weight is 386 g/mol. The van der Waals surface area contributed by atoms with Crippen LogP contribution in [0.2, 0.25) is 0 Å². The summed E-state index contributed by atoms with van der Waals surface area (Å²) in [6.45, 7) is 0.864. The molecule has 2 atom stereocenters. The van der Waals surface area contributed by atoms with E-state index in [0.717, 1.165) is 45.1 Å². The molecule has 5 nitrogen and oxygen atoms in total. The molecule has 0 aromatic carbocycles. The smallest absolute Gasteiger partial charge is 0.346 e.